The standard InChI is InChI=1S/C11H17N3O3/c12-9-2-1-8(11(13)17)7-10(9)14(3-5-15)4-6-16/h1-2,7,15-16H,3-6,12H2,(H2,13,17). The van der Waals surface area contributed by atoms with Gasteiger partial charge in [-0.2, -0.15) is 0 Å². The summed E-state index contributed by atoms with van der Waals surface area (Å²) >= 11 is 0. The second-order valence-electron chi connectivity index (χ2n) is 3.57. The van der Waals surface area contributed by atoms with Crippen molar-refractivity contribution in [3.05, 3.63) is 23.8 Å². The molecule has 0 spiro atoms. The first-order valence-electron chi connectivity index (χ1n) is 5.26. The molecule has 0 heterocycles. The number of nitrogens with two attached hydrogens (primary N) is 2. The molecule has 0 unspecified atom stereocenters. The molecule has 0 saturated heterocycles. The fraction of sp³-hybridized carbons (Fsp3) is 0.364. The first-order valence-corrected chi connectivity index (χ1v) is 5.26. The first kappa shape index (κ1) is 13.3. The molecule has 1 aromatic rings. The Balaban J connectivity index is 3.07. The normalized spacial score (nSPS) is 10.2. The highest BCUT2D eigenvalue weighted by atomic mass is 16.3. The Hall–Kier alpha value is -1.79. The highest BCUT2D eigenvalue weighted by molar-refractivity contribution is 5.95. The van der Waals surface area contributed by atoms with Crippen LogP contribution in [0.4, 0.5) is 11.4 Å². The van der Waals surface area contributed by atoms with Crippen molar-refractivity contribution in [2.45, 2.75) is 0 Å². The summed E-state index contributed by atoms with van der Waals surface area (Å²) in [6.45, 7) is 0.514. The fourth-order valence-corrected chi connectivity index (χ4v) is 1.56. The molecule has 0 bridgehead atoms. The first-order chi connectivity index (χ1) is 8.10. The maximum atomic E-state index is 11.1. The molecule has 0 radical (unpaired) electrons. The molecule has 94 valence electrons. The van der Waals surface area contributed by atoms with Gasteiger partial charge in [0.25, 0.3) is 0 Å². The molecule has 1 rings (SSSR count). The van der Waals surface area contributed by atoms with Crippen LogP contribution in [0.3, 0.4) is 0 Å². The van der Waals surface area contributed by atoms with E-state index in [2.05, 4.69) is 0 Å². The number of carbonyl (C=O) groups is 1. The van der Waals surface area contributed by atoms with Gasteiger partial charge in [0.2, 0.25) is 5.91 Å². The second kappa shape index (κ2) is 6.07. The largest absolute Gasteiger partial charge is 0.397 e. The third-order valence-corrected chi connectivity index (χ3v) is 2.40. The van der Waals surface area contributed by atoms with E-state index in [1.807, 2.05) is 0 Å². The monoisotopic (exact) mass is 239 g/mol. The van der Waals surface area contributed by atoms with Crippen molar-refractivity contribution in [1.29, 1.82) is 0 Å². The number of anilines is 2. The number of aliphatic hydroxyl groups is 2. The second-order valence-corrected chi connectivity index (χ2v) is 3.57. The highest BCUT2D eigenvalue weighted by Crippen LogP contribution is 2.24. The molecule has 0 aliphatic carbocycles. The molecule has 1 aromatic carbocycles. The minimum Gasteiger partial charge on any atom is -0.397 e. The number of rotatable bonds is 6. The average molecular weight is 239 g/mol. The van der Waals surface area contributed by atoms with E-state index in [0.29, 0.717) is 30.0 Å². The summed E-state index contributed by atoms with van der Waals surface area (Å²) in [5.74, 6) is -0.542. The molecular formula is C11H17N3O3. The van der Waals surface area contributed by atoms with Crippen LogP contribution in [-0.2, 0) is 0 Å². The van der Waals surface area contributed by atoms with Crippen molar-refractivity contribution >= 4 is 17.3 Å². The van der Waals surface area contributed by atoms with Crippen LogP contribution in [-0.4, -0.2) is 42.4 Å². The van der Waals surface area contributed by atoms with E-state index in [4.69, 9.17) is 21.7 Å². The Morgan fingerprint density at radius 3 is 2.29 bits per heavy atom. The van der Waals surface area contributed by atoms with Gasteiger partial charge in [-0.05, 0) is 18.2 Å². The number of nitrogen functional groups attached to an aromatic ring is 1. The number of nitrogens with zero attached hydrogens (tertiary/aromatic N) is 1. The van der Waals surface area contributed by atoms with Gasteiger partial charge in [-0.25, -0.2) is 0 Å². The molecule has 0 saturated carbocycles. The third-order valence-electron chi connectivity index (χ3n) is 2.40. The van der Waals surface area contributed by atoms with Crippen LogP contribution in [0.25, 0.3) is 0 Å². The number of amides is 1. The number of primary amides is 1. The molecule has 0 fully saturated rings. The van der Waals surface area contributed by atoms with E-state index in [-0.39, 0.29) is 13.2 Å². The molecule has 0 aromatic heterocycles. The summed E-state index contributed by atoms with van der Waals surface area (Å²) in [5, 5.41) is 17.9. The summed E-state index contributed by atoms with van der Waals surface area (Å²) in [7, 11) is 0. The lowest BCUT2D eigenvalue weighted by Gasteiger charge is -2.24. The van der Waals surface area contributed by atoms with Crippen LogP contribution in [0.5, 0.6) is 0 Å². The molecule has 6 N–H and O–H groups in total. The van der Waals surface area contributed by atoms with Gasteiger partial charge in [-0.3, -0.25) is 4.79 Å². The van der Waals surface area contributed by atoms with Gasteiger partial charge in [-0.15, -0.1) is 0 Å². The van der Waals surface area contributed by atoms with E-state index in [9.17, 15) is 4.79 Å². The Kier molecular flexibility index (Phi) is 4.74. The molecule has 1 amide bonds. The molecule has 6 nitrogen and oxygen atoms in total. The summed E-state index contributed by atoms with van der Waals surface area (Å²) in [6.07, 6.45) is 0. The lowest BCUT2D eigenvalue weighted by atomic mass is 10.1. The topological polar surface area (TPSA) is 113 Å². The highest BCUT2D eigenvalue weighted by Gasteiger charge is 2.11. The van der Waals surface area contributed by atoms with E-state index < -0.39 is 5.91 Å². The smallest absolute Gasteiger partial charge is 0.248 e. The van der Waals surface area contributed by atoms with Crippen molar-refractivity contribution in [1.82, 2.24) is 0 Å². The molecule has 0 atom stereocenters. The van der Waals surface area contributed by atoms with E-state index >= 15 is 0 Å². The summed E-state index contributed by atoms with van der Waals surface area (Å²) < 4.78 is 0. The maximum Gasteiger partial charge on any atom is 0.248 e. The van der Waals surface area contributed by atoms with E-state index in [1.54, 1.807) is 17.0 Å². The van der Waals surface area contributed by atoms with Gasteiger partial charge in [0, 0.05) is 18.7 Å². The fourth-order valence-electron chi connectivity index (χ4n) is 1.56. The predicted octanol–water partition coefficient (Wildman–Crippen LogP) is -0.841. The Morgan fingerprint density at radius 1 is 1.24 bits per heavy atom. The minimum absolute atomic E-state index is 0.0692. The number of hydrogen-bond donors (Lipinski definition) is 4. The van der Waals surface area contributed by atoms with Crippen LogP contribution in [0, 0.1) is 0 Å². The number of benzene rings is 1. The van der Waals surface area contributed by atoms with Gasteiger partial charge < -0.3 is 26.6 Å². The van der Waals surface area contributed by atoms with Crippen molar-refractivity contribution in [2.75, 3.05) is 36.9 Å². The predicted molar refractivity (Wildman–Crippen MR) is 65.8 cm³/mol. The average Bonchev–Trinajstić information content (AvgIpc) is 2.29. The van der Waals surface area contributed by atoms with Gasteiger partial charge in [0.1, 0.15) is 0 Å². The zero-order chi connectivity index (χ0) is 12.8. The molecule has 6 heteroatoms. The Morgan fingerprint density at radius 2 is 1.82 bits per heavy atom. The molecule has 0 aliphatic rings. The maximum absolute atomic E-state index is 11.1. The van der Waals surface area contributed by atoms with Gasteiger partial charge in [-0.1, -0.05) is 0 Å². The molecule has 0 aliphatic heterocycles. The van der Waals surface area contributed by atoms with E-state index in [0.717, 1.165) is 0 Å². The van der Waals surface area contributed by atoms with Gasteiger partial charge in [0.15, 0.2) is 0 Å². The lowest BCUT2D eigenvalue weighted by molar-refractivity contribution is 0.100. The van der Waals surface area contributed by atoms with Crippen molar-refractivity contribution in [3.8, 4) is 0 Å². The van der Waals surface area contributed by atoms with Crippen LogP contribution in [0.1, 0.15) is 10.4 Å². The zero-order valence-corrected chi connectivity index (χ0v) is 9.47. The van der Waals surface area contributed by atoms with Crippen molar-refractivity contribution in [3.63, 3.8) is 0 Å². The molecule has 17 heavy (non-hydrogen) atoms. The zero-order valence-electron chi connectivity index (χ0n) is 9.47. The van der Waals surface area contributed by atoms with Crippen LogP contribution >= 0.6 is 0 Å². The SMILES string of the molecule is NC(=O)c1ccc(N)c(N(CCO)CCO)c1. The third kappa shape index (κ3) is 3.33. The van der Waals surface area contributed by atoms with Crippen molar-refractivity contribution in [2.24, 2.45) is 5.73 Å². The Labute approximate surface area is 99.4 Å². The van der Waals surface area contributed by atoms with Crippen LogP contribution in [0.2, 0.25) is 0 Å². The quantitative estimate of drug-likeness (QED) is 0.483. The number of carbonyl (C=O) groups excluding carboxylic acids is 1. The van der Waals surface area contributed by atoms with E-state index in [1.165, 1.54) is 6.07 Å². The molecular weight excluding hydrogens is 222 g/mol. The summed E-state index contributed by atoms with van der Waals surface area (Å²) in [5.41, 5.74) is 12.4. The summed E-state index contributed by atoms with van der Waals surface area (Å²) in [4.78, 5) is 12.8. The van der Waals surface area contributed by atoms with Crippen LogP contribution < -0.4 is 16.4 Å². The number of hydrogen-bond acceptors (Lipinski definition) is 5. The van der Waals surface area contributed by atoms with Gasteiger partial charge >= 0.3 is 0 Å². The number of aliphatic hydroxyl groups excluding tert-OH is 2. The minimum atomic E-state index is -0.542. The van der Waals surface area contributed by atoms with Crippen LogP contribution in [0.15, 0.2) is 18.2 Å². The van der Waals surface area contributed by atoms with Gasteiger partial charge in [0.05, 0.1) is 24.6 Å². The lowest BCUT2D eigenvalue weighted by Crippen LogP contribution is -2.30. The van der Waals surface area contributed by atoms with Crippen molar-refractivity contribution < 1.29 is 15.0 Å². The summed E-state index contributed by atoms with van der Waals surface area (Å²) in [6, 6.07) is 4.68. The Bertz CT molecular complexity index is 390.